The summed E-state index contributed by atoms with van der Waals surface area (Å²) in [4.78, 5) is 10.5. The van der Waals surface area contributed by atoms with Gasteiger partial charge in [0, 0.05) is 0 Å². The van der Waals surface area contributed by atoms with Gasteiger partial charge in [-0.1, -0.05) is 30.3 Å². The number of hydrogen-bond acceptors (Lipinski definition) is 2. The summed E-state index contributed by atoms with van der Waals surface area (Å²) in [6.07, 6.45) is 0.444. The van der Waals surface area contributed by atoms with Gasteiger partial charge in [-0.05, 0) is 23.7 Å². The van der Waals surface area contributed by atoms with Crippen molar-refractivity contribution in [1.29, 1.82) is 0 Å². The van der Waals surface area contributed by atoms with E-state index in [1.165, 1.54) is 0 Å². The third kappa shape index (κ3) is 4.88. The van der Waals surface area contributed by atoms with Gasteiger partial charge in [0.1, 0.15) is 6.29 Å². The highest BCUT2D eigenvalue weighted by Gasteiger charge is 2.32. The highest BCUT2D eigenvalue weighted by Crippen LogP contribution is 2.34. The van der Waals surface area contributed by atoms with Crippen LogP contribution in [0.1, 0.15) is 5.56 Å². The zero-order valence-electron chi connectivity index (χ0n) is 7.70. The maximum atomic E-state index is 12.0. The lowest BCUT2D eigenvalue weighted by molar-refractivity contribution is -0.107. The molecule has 0 radical (unpaired) electrons. The molecule has 0 aliphatic heterocycles. The maximum absolute atomic E-state index is 12.0. The van der Waals surface area contributed by atoms with Crippen molar-refractivity contribution in [3.8, 4) is 0 Å². The standard InChI is InChI=1S/C10H9F3OS/c11-10(12,13)15-9(7-14)6-8-4-2-1-3-5-8/h1-5,7,9H,6H2. The first-order chi connectivity index (χ1) is 7.01. The summed E-state index contributed by atoms with van der Waals surface area (Å²) < 4.78 is 36.0. The Morgan fingerprint density at radius 1 is 1.27 bits per heavy atom. The van der Waals surface area contributed by atoms with E-state index in [4.69, 9.17) is 0 Å². The fourth-order valence-corrected chi connectivity index (χ4v) is 1.81. The van der Waals surface area contributed by atoms with Crippen LogP contribution < -0.4 is 0 Å². The molecule has 0 aliphatic rings. The maximum Gasteiger partial charge on any atom is 0.442 e. The summed E-state index contributed by atoms with van der Waals surface area (Å²) in [6, 6.07) is 8.64. The van der Waals surface area contributed by atoms with Crippen LogP contribution in [-0.2, 0) is 11.2 Å². The van der Waals surface area contributed by atoms with E-state index in [1.54, 1.807) is 30.3 Å². The van der Waals surface area contributed by atoms with E-state index in [1.807, 2.05) is 0 Å². The Morgan fingerprint density at radius 3 is 2.33 bits per heavy atom. The van der Waals surface area contributed by atoms with E-state index in [-0.39, 0.29) is 18.2 Å². The molecule has 5 heteroatoms. The Labute approximate surface area is 89.7 Å². The molecule has 82 valence electrons. The number of carbonyl (C=O) groups excluding carboxylic acids is 1. The van der Waals surface area contributed by atoms with Crippen LogP contribution in [0.3, 0.4) is 0 Å². The zero-order valence-corrected chi connectivity index (χ0v) is 8.52. The summed E-state index contributed by atoms with van der Waals surface area (Å²) in [7, 11) is 0. The molecule has 0 bridgehead atoms. The van der Waals surface area contributed by atoms with Crippen molar-refractivity contribution < 1.29 is 18.0 Å². The molecule has 0 N–H and O–H groups in total. The number of alkyl halides is 3. The quantitative estimate of drug-likeness (QED) is 0.745. The number of rotatable bonds is 4. The van der Waals surface area contributed by atoms with Crippen molar-refractivity contribution >= 4 is 18.0 Å². The molecule has 0 saturated heterocycles. The summed E-state index contributed by atoms with van der Waals surface area (Å²) in [5, 5.41) is -1.06. The second-order valence-electron chi connectivity index (χ2n) is 2.93. The SMILES string of the molecule is O=CC(Cc1ccccc1)SC(F)(F)F. The molecular formula is C10H9F3OS. The third-order valence-electron chi connectivity index (χ3n) is 1.72. The molecule has 1 atom stereocenters. The van der Waals surface area contributed by atoms with E-state index in [9.17, 15) is 18.0 Å². The van der Waals surface area contributed by atoms with E-state index in [2.05, 4.69) is 0 Å². The highest BCUT2D eigenvalue weighted by atomic mass is 32.2. The number of aldehydes is 1. The topological polar surface area (TPSA) is 17.1 Å². The normalized spacial score (nSPS) is 13.5. The second-order valence-corrected chi connectivity index (χ2v) is 4.23. The molecule has 0 spiro atoms. The largest absolute Gasteiger partial charge is 0.442 e. The first-order valence-corrected chi connectivity index (χ1v) is 5.13. The van der Waals surface area contributed by atoms with Crippen molar-refractivity contribution in [3.63, 3.8) is 0 Å². The molecule has 1 nitrogen and oxygen atoms in total. The molecule has 0 fully saturated rings. The van der Waals surface area contributed by atoms with Crippen molar-refractivity contribution in [3.05, 3.63) is 35.9 Å². The summed E-state index contributed by atoms with van der Waals surface area (Å²) in [5.74, 6) is 0. The predicted octanol–water partition coefficient (Wildman–Crippen LogP) is 3.05. The summed E-state index contributed by atoms with van der Waals surface area (Å²) >= 11 is -0.271. The Kier molecular flexibility index (Phi) is 4.20. The summed E-state index contributed by atoms with van der Waals surface area (Å²) in [5.41, 5.74) is -3.63. The average molecular weight is 234 g/mol. The van der Waals surface area contributed by atoms with Crippen LogP contribution >= 0.6 is 11.8 Å². The van der Waals surface area contributed by atoms with Crippen LogP contribution in [0, 0.1) is 0 Å². The van der Waals surface area contributed by atoms with Crippen LogP contribution in [0.2, 0.25) is 0 Å². The minimum atomic E-state index is -4.36. The lowest BCUT2D eigenvalue weighted by Gasteiger charge is -2.11. The highest BCUT2D eigenvalue weighted by molar-refractivity contribution is 8.01. The van der Waals surface area contributed by atoms with E-state index >= 15 is 0 Å². The number of carbonyl (C=O) groups is 1. The van der Waals surface area contributed by atoms with Crippen molar-refractivity contribution in [2.24, 2.45) is 0 Å². The Balaban J connectivity index is 2.59. The van der Waals surface area contributed by atoms with Gasteiger partial charge >= 0.3 is 5.51 Å². The average Bonchev–Trinajstić information content (AvgIpc) is 2.16. The first-order valence-electron chi connectivity index (χ1n) is 4.25. The van der Waals surface area contributed by atoms with Gasteiger partial charge in [0.2, 0.25) is 0 Å². The van der Waals surface area contributed by atoms with Gasteiger partial charge in [-0.3, -0.25) is 0 Å². The van der Waals surface area contributed by atoms with Crippen LogP contribution in [-0.4, -0.2) is 17.0 Å². The van der Waals surface area contributed by atoms with Gasteiger partial charge in [0.25, 0.3) is 0 Å². The number of hydrogen-bond donors (Lipinski definition) is 0. The van der Waals surface area contributed by atoms with Crippen molar-refractivity contribution in [2.75, 3.05) is 0 Å². The molecule has 15 heavy (non-hydrogen) atoms. The van der Waals surface area contributed by atoms with Crippen molar-refractivity contribution in [1.82, 2.24) is 0 Å². The van der Waals surface area contributed by atoms with E-state index in [0.717, 1.165) is 5.56 Å². The van der Waals surface area contributed by atoms with Crippen LogP contribution in [0.15, 0.2) is 30.3 Å². The molecular weight excluding hydrogens is 225 g/mol. The van der Waals surface area contributed by atoms with E-state index in [0.29, 0.717) is 6.29 Å². The fourth-order valence-electron chi connectivity index (χ4n) is 1.14. The van der Waals surface area contributed by atoms with Gasteiger partial charge in [-0.25, -0.2) is 0 Å². The molecule has 1 aromatic carbocycles. The molecule has 0 amide bonds. The van der Waals surface area contributed by atoms with Crippen molar-refractivity contribution in [2.45, 2.75) is 17.2 Å². The van der Waals surface area contributed by atoms with Gasteiger partial charge in [-0.2, -0.15) is 13.2 Å². The monoisotopic (exact) mass is 234 g/mol. The molecule has 0 heterocycles. The predicted molar refractivity (Wildman–Crippen MR) is 53.6 cm³/mol. The minimum Gasteiger partial charge on any atom is -0.302 e. The lowest BCUT2D eigenvalue weighted by Crippen LogP contribution is -2.15. The van der Waals surface area contributed by atoms with Crippen LogP contribution in [0.5, 0.6) is 0 Å². The van der Waals surface area contributed by atoms with Gasteiger partial charge < -0.3 is 4.79 Å². The molecule has 1 rings (SSSR count). The van der Waals surface area contributed by atoms with E-state index < -0.39 is 10.8 Å². The van der Waals surface area contributed by atoms with Gasteiger partial charge in [0.15, 0.2) is 0 Å². The lowest BCUT2D eigenvalue weighted by atomic mass is 10.1. The Hall–Kier alpha value is -0.970. The Morgan fingerprint density at radius 2 is 1.87 bits per heavy atom. The molecule has 0 aromatic heterocycles. The third-order valence-corrected chi connectivity index (χ3v) is 2.56. The fraction of sp³-hybridized carbons (Fsp3) is 0.300. The smallest absolute Gasteiger partial charge is 0.302 e. The number of benzene rings is 1. The minimum absolute atomic E-state index is 0.106. The summed E-state index contributed by atoms with van der Waals surface area (Å²) in [6.45, 7) is 0. The van der Waals surface area contributed by atoms with Gasteiger partial charge in [-0.15, -0.1) is 0 Å². The van der Waals surface area contributed by atoms with Crippen LogP contribution in [0.25, 0.3) is 0 Å². The number of thioether (sulfide) groups is 1. The molecule has 1 unspecified atom stereocenters. The second kappa shape index (κ2) is 5.21. The molecule has 0 saturated carbocycles. The first kappa shape index (κ1) is 12.1. The molecule has 0 aliphatic carbocycles. The Bertz CT molecular complexity index is 310. The zero-order chi connectivity index (χ0) is 11.3. The number of halogens is 3. The van der Waals surface area contributed by atoms with Crippen LogP contribution in [0.4, 0.5) is 13.2 Å². The molecule has 1 aromatic rings. The van der Waals surface area contributed by atoms with Gasteiger partial charge in [0.05, 0.1) is 5.25 Å².